The Hall–Kier alpha value is -3.60. The molecule has 5 rings (SSSR count). The maximum Gasteiger partial charge on any atom is 0.231 e. The van der Waals surface area contributed by atoms with Gasteiger partial charge in [-0.3, -0.25) is 0 Å². The summed E-state index contributed by atoms with van der Waals surface area (Å²) in [5.41, 5.74) is 8.31. The molecule has 0 bridgehead atoms. The molecule has 9 heteroatoms. The summed E-state index contributed by atoms with van der Waals surface area (Å²) < 4.78 is 35.5. The van der Waals surface area contributed by atoms with Crippen molar-refractivity contribution >= 4 is 23.2 Å². The molecule has 2 aliphatic rings. The van der Waals surface area contributed by atoms with Gasteiger partial charge in [0.25, 0.3) is 0 Å². The van der Waals surface area contributed by atoms with Crippen LogP contribution in [0.3, 0.4) is 0 Å². The predicted octanol–water partition coefficient (Wildman–Crippen LogP) is 5.66. The number of ether oxygens (including phenoxy) is 4. The number of benzene rings is 3. The average Bonchev–Trinajstić information content (AvgIpc) is 3.24. The van der Waals surface area contributed by atoms with Crippen LogP contribution in [0, 0.1) is 17.1 Å². The molecule has 33 heavy (non-hydrogen) atoms. The average molecular weight is 485 g/mol. The molecule has 0 aliphatic carbocycles. The van der Waals surface area contributed by atoms with Gasteiger partial charge in [-0.25, -0.2) is 4.39 Å². The first-order valence-electron chi connectivity index (χ1n) is 9.82. The Bertz CT molecular complexity index is 1310. The second-order valence-electron chi connectivity index (χ2n) is 7.40. The summed E-state index contributed by atoms with van der Waals surface area (Å²) in [6.45, 7) is 0.244. The Morgan fingerprint density at radius 2 is 1.70 bits per heavy atom. The highest BCUT2D eigenvalue weighted by Gasteiger charge is 2.34. The predicted molar refractivity (Wildman–Crippen MR) is 119 cm³/mol. The number of allylic oxidation sites excluding steroid dienone is 1. The lowest BCUT2D eigenvalue weighted by atomic mass is 9.83. The van der Waals surface area contributed by atoms with E-state index in [9.17, 15) is 9.65 Å². The lowest BCUT2D eigenvalue weighted by Gasteiger charge is -2.27. The Morgan fingerprint density at radius 1 is 1.03 bits per heavy atom. The largest absolute Gasteiger partial charge is 0.486 e. The Morgan fingerprint density at radius 3 is 2.36 bits per heavy atom. The van der Waals surface area contributed by atoms with Crippen LogP contribution in [0.1, 0.15) is 22.6 Å². The van der Waals surface area contributed by atoms with Crippen LogP contribution >= 0.6 is 23.2 Å². The summed E-state index contributed by atoms with van der Waals surface area (Å²) in [4.78, 5) is 0. The highest BCUT2D eigenvalue weighted by atomic mass is 35.5. The normalized spacial score (nSPS) is 16.1. The topological polar surface area (TPSA) is 86.7 Å². The van der Waals surface area contributed by atoms with E-state index in [1.165, 1.54) is 12.1 Å². The van der Waals surface area contributed by atoms with Crippen LogP contribution in [0.4, 0.5) is 4.39 Å². The molecular formula is C24H15Cl2FN2O4. The van der Waals surface area contributed by atoms with E-state index in [4.69, 9.17) is 47.9 Å². The molecule has 166 valence electrons. The summed E-state index contributed by atoms with van der Waals surface area (Å²) in [6.07, 6.45) is 0. The number of nitriles is 1. The van der Waals surface area contributed by atoms with Crippen molar-refractivity contribution in [1.29, 1.82) is 5.26 Å². The minimum absolute atomic E-state index is 0.0160. The molecule has 0 spiro atoms. The van der Waals surface area contributed by atoms with E-state index in [0.29, 0.717) is 28.4 Å². The van der Waals surface area contributed by atoms with E-state index in [2.05, 4.69) is 6.07 Å². The van der Waals surface area contributed by atoms with Gasteiger partial charge < -0.3 is 24.7 Å². The smallest absolute Gasteiger partial charge is 0.231 e. The molecule has 0 amide bonds. The van der Waals surface area contributed by atoms with Crippen molar-refractivity contribution < 1.29 is 23.3 Å². The zero-order chi connectivity index (χ0) is 23.1. The maximum atomic E-state index is 13.1. The quantitative estimate of drug-likeness (QED) is 0.514. The number of nitrogens with two attached hydrogens (primary N) is 1. The Labute approximate surface area is 198 Å². The van der Waals surface area contributed by atoms with Gasteiger partial charge in [0, 0.05) is 11.6 Å². The second kappa shape index (κ2) is 8.39. The molecule has 0 fully saturated rings. The highest BCUT2D eigenvalue weighted by Crippen LogP contribution is 2.49. The van der Waals surface area contributed by atoms with E-state index in [1.54, 1.807) is 36.4 Å². The molecule has 0 aromatic heterocycles. The fraction of sp³-hybridized carbons (Fsp3) is 0.125. The van der Waals surface area contributed by atoms with Crippen LogP contribution in [0.5, 0.6) is 23.0 Å². The van der Waals surface area contributed by atoms with Crippen molar-refractivity contribution in [2.75, 3.05) is 6.79 Å². The van der Waals surface area contributed by atoms with Gasteiger partial charge in [-0.2, -0.15) is 5.26 Å². The SMILES string of the molecule is N#CC1=C(N)Oc2cc3c(cc2[C@H]1c1cc(Cl)c(OCc2ccc(F)cc2)c(Cl)c1)OCO3. The zero-order valence-electron chi connectivity index (χ0n) is 16.9. The molecule has 0 saturated carbocycles. The second-order valence-corrected chi connectivity index (χ2v) is 8.21. The number of halogens is 3. The summed E-state index contributed by atoms with van der Waals surface area (Å²) in [7, 11) is 0. The lowest BCUT2D eigenvalue weighted by Crippen LogP contribution is -2.21. The third-order valence-corrected chi connectivity index (χ3v) is 5.92. The fourth-order valence-corrected chi connectivity index (χ4v) is 4.42. The minimum Gasteiger partial charge on any atom is -0.486 e. The first kappa shape index (κ1) is 21.3. The third-order valence-electron chi connectivity index (χ3n) is 5.36. The monoisotopic (exact) mass is 484 g/mol. The molecule has 2 heterocycles. The molecule has 2 N–H and O–H groups in total. The van der Waals surface area contributed by atoms with Gasteiger partial charge >= 0.3 is 0 Å². The molecule has 3 aromatic rings. The van der Waals surface area contributed by atoms with Gasteiger partial charge in [-0.15, -0.1) is 0 Å². The first-order valence-corrected chi connectivity index (χ1v) is 10.6. The molecular weight excluding hydrogens is 470 g/mol. The van der Waals surface area contributed by atoms with E-state index in [-0.39, 0.29) is 46.5 Å². The van der Waals surface area contributed by atoms with Crippen LogP contribution in [-0.4, -0.2) is 6.79 Å². The van der Waals surface area contributed by atoms with Crippen LogP contribution in [0.25, 0.3) is 0 Å². The minimum atomic E-state index is -0.589. The van der Waals surface area contributed by atoms with Crippen molar-refractivity contribution in [2.24, 2.45) is 5.73 Å². The van der Waals surface area contributed by atoms with Crippen molar-refractivity contribution in [2.45, 2.75) is 12.5 Å². The van der Waals surface area contributed by atoms with Crippen molar-refractivity contribution in [3.8, 4) is 29.1 Å². The lowest BCUT2D eigenvalue weighted by molar-refractivity contribution is 0.174. The molecule has 2 aliphatic heterocycles. The van der Waals surface area contributed by atoms with Crippen LogP contribution in [0.2, 0.25) is 10.0 Å². The summed E-state index contributed by atoms with van der Waals surface area (Å²) in [6, 6.07) is 14.8. The number of nitrogens with zero attached hydrogens (tertiary/aromatic N) is 1. The van der Waals surface area contributed by atoms with Gasteiger partial charge in [0.05, 0.1) is 16.0 Å². The van der Waals surface area contributed by atoms with Crippen molar-refractivity contribution in [3.05, 3.63) is 92.5 Å². The van der Waals surface area contributed by atoms with Crippen molar-refractivity contribution in [3.63, 3.8) is 0 Å². The van der Waals surface area contributed by atoms with Gasteiger partial charge in [0.15, 0.2) is 17.2 Å². The van der Waals surface area contributed by atoms with E-state index < -0.39 is 5.92 Å². The molecule has 0 unspecified atom stereocenters. The fourth-order valence-electron chi connectivity index (χ4n) is 3.81. The summed E-state index contributed by atoms with van der Waals surface area (Å²) in [5.74, 6) is 0.855. The van der Waals surface area contributed by atoms with Gasteiger partial charge in [-0.1, -0.05) is 35.3 Å². The van der Waals surface area contributed by atoms with Crippen LogP contribution in [-0.2, 0) is 6.61 Å². The molecule has 0 saturated heterocycles. The van der Waals surface area contributed by atoms with E-state index >= 15 is 0 Å². The van der Waals surface area contributed by atoms with Gasteiger partial charge in [-0.05, 0) is 41.5 Å². The molecule has 3 aromatic carbocycles. The highest BCUT2D eigenvalue weighted by molar-refractivity contribution is 6.37. The Balaban J connectivity index is 1.52. The van der Waals surface area contributed by atoms with E-state index in [0.717, 1.165) is 5.56 Å². The molecule has 1 atom stereocenters. The van der Waals surface area contributed by atoms with Crippen molar-refractivity contribution in [1.82, 2.24) is 0 Å². The number of hydrogen-bond acceptors (Lipinski definition) is 6. The molecule has 0 radical (unpaired) electrons. The number of fused-ring (bicyclic) bond motifs is 2. The zero-order valence-corrected chi connectivity index (χ0v) is 18.4. The van der Waals surface area contributed by atoms with Gasteiger partial charge in [0.2, 0.25) is 12.7 Å². The molecule has 6 nitrogen and oxygen atoms in total. The van der Waals surface area contributed by atoms with Gasteiger partial charge in [0.1, 0.15) is 29.8 Å². The standard InChI is InChI=1S/C24H15Cl2FN2O4/c25-17-5-13(6-18(26)23(17)30-10-12-1-3-14(27)4-2-12)22-15-7-20-21(32-11-31-20)8-19(15)33-24(29)16(22)9-28/h1-8,22H,10-11,29H2/t22-/m1/s1. The Kier molecular flexibility index (Phi) is 5.41. The number of hydrogen-bond donors (Lipinski definition) is 1. The maximum absolute atomic E-state index is 13.1. The summed E-state index contributed by atoms with van der Waals surface area (Å²) >= 11 is 13.0. The summed E-state index contributed by atoms with van der Waals surface area (Å²) in [5, 5.41) is 10.3. The van der Waals surface area contributed by atoms with Crippen LogP contribution in [0.15, 0.2) is 60.0 Å². The first-order chi connectivity index (χ1) is 15.9. The number of rotatable bonds is 4. The van der Waals surface area contributed by atoms with E-state index in [1.807, 2.05) is 0 Å². The third kappa shape index (κ3) is 3.88. The van der Waals surface area contributed by atoms with Crippen LogP contribution < -0.4 is 24.7 Å².